The van der Waals surface area contributed by atoms with Crippen LogP contribution in [-0.2, 0) is 33.3 Å². The molecule has 3 aliphatic heterocycles. The lowest BCUT2D eigenvalue weighted by Gasteiger charge is -2.47. The van der Waals surface area contributed by atoms with Crippen LogP contribution in [0.4, 0.5) is 4.79 Å². The van der Waals surface area contributed by atoms with Crippen LogP contribution < -0.4 is 10.6 Å². The van der Waals surface area contributed by atoms with Gasteiger partial charge in [-0.15, -0.1) is 0 Å². The molecular formula is C42H62N4O9. The smallest absolute Gasteiger partial charge is 0.408 e. The summed E-state index contributed by atoms with van der Waals surface area (Å²) in [5, 5.41) is 19.1. The van der Waals surface area contributed by atoms with Crippen LogP contribution in [0.5, 0.6) is 0 Å². The Morgan fingerprint density at radius 1 is 1.09 bits per heavy atom. The number of fused-ring (bicyclic) bond motifs is 2. The molecule has 304 valence electrons. The van der Waals surface area contributed by atoms with Gasteiger partial charge in [-0.2, -0.15) is 0 Å². The van der Waals surface area contributed by atoms with Crippen LogP contribution in [-0.4, -0.2) is 120 Å². The molecule has 3 fully saturated rings. The monoisotopic (exact) mass is 766 g/mol. The standard InChI is InChI=1S/C42H62N4O9/c1-11-33-42(8)36(45-40(50)55-42)28(6)43-22-24(2)21-41(7,51-18-14-15-29-20-30-16-12-13-17-31(30)44-23-29)37(26(4)34(47)27(5)38(49)53-33)54-39-35(48)32(46(9)10)19-25(3)52-39/h12-17,20,23-28,32-33,35-37,39,43,48H,11,18-19,21-22H2,1-10H3,(H,45,50)/b15-14+/t24-,25-,26+,27?,28-,32?,33-,35?,36-,37?,39+,41-,42-/m1/s1. The molecule has 13 atom stereocenters. The maximum absolute atomic E-state index is 14.5. The highest BCUT2D eigenvalue weighted by Crippen LogP contribution is 2.38. The average molecular weight is 767 g/mol. The second kappa shape index (κ2) is 17.8. The fourth-order valence-electron chi connectivity index (χ4n) is 8.68. The number of benzene rings is 1. The molecule has 3 N–H and O–H groups in total. The average Bonchev–Trinajstić information content (AvgIpc) is 3.47. The molecule has 0 saturated carbocycles. The van der Waals surface area contributed by atoms with Crippen molar-refractivity contribution in [3.05, 3.63) is 48.2 Å². The fourth-order valence-corrected chi connectivity index (χ4v) is 8.68. The minimum absolute atomic E-state index is 0.0353. The Morgan fingerprint density at radius 2 is 1.82 bits per heavy atom. The number of hydrogen-bond donors (Lipinski definition) is 3. The van der Waals surface area contributed by atoms with Gasteiger partial charge in [-0.25, -0.2) is 4.79 Å². The molecule has 3 saturated heterocycles. The van der Waals surface area contributed by atoms with Gasteiger partial charge < -0.3 is 44.3 Å². The van der Waals surface area contributed by atoms with Crippen molar-refractivity contribution in [2.24, 2.45) is 17.8 Å². The number of Topliss-reactive ketones (excluding diaryl/α,β-unsaturated/α-hetero) is 1. The van der Waals surface area contributed by atoms with E-state index in [-0.39, 0.29) is 30.7 Å². The number of aliphatic hydroxyl groups excluding tert-OH is 1. The van der Waals surface area contributed by atoms with Crippen molar-refractivity contribution in [3.8, 4) is 0 Å². The van der Waals surface area contributed by atoms with E-state index in [4.69, 9.17) is 23.7 Å². The van der Waals surface area contributed by atoms with Gasteiger partial charge in [-0.3, -0.25) is 14.6 Å². The van der Waals surface area contributed by atoms with E-state index in [1.54, 1.807) is 13.8 Å². The van der Waals surface area contributed by atoms with E-state index in [9.17, 15) is 19.5 Å². The summed E-state index contributed by atoms with van der Waals surface area (Å²) in [6, 6.07) is 8.92. The zero-order valence-corrected chi connectivity index (χ0v) is 34.1. The summed E-state index contributed by atoms with van der Waals surface area (Å²) in [5.74, 6) is -3.25. The van der Waals surface area contributed by atoms with Crippen molar-refractivity contribution in [1.29, 1.82) is 0 Å². The number of amides is 1. The van der Waals surface area contributed by atoms with Gasteiger partial charge in [0.2, 0.25) is 0 Å². The maximum Gasteiger partial charge on any atom is 0.408 e. The van der Waals surface area contributed by atoms with Crippen molar-refractivity contribution in [2.45, 2.75) is 135 Å². The van der Waals surface area contributed by atoms with Gasteiger partial charge in [0, 0.05) is 29.6 Å². The van der Waals surface area contributed by atoms with Crippen molar-refractivity contribution in [1.82, 2.24) is 20.5 Å². The number of pyridine rings is 1. The second-order valence-corrected chi connectivity index (χ2v) is 16.6. The number of rotatable bonds is 8. The third-order valence-electron chi connectivity index (χ3n) is 11.8. The van der Waals surface area contributed by atoms with E-state index in [2.05, 4.69) is 28.6 Å². The van der Waals surface area contributed by atoms with Gasteiger partial charge in [0.1, 0.15) is 18.1 Å². The normalized spacial score (nSPS) is 38.3. The van der Waals surface area contributed by atoms with Crippen LogP contribution in [0.15, 0.2) is 42.6 Å². The minimum Gasteiger partial charge on any atom is -0.458 e. The number of ether oxygens (including phenoxy) is 5. The second-order valence-electron chi connectivity index (χ2n) is 16.6. The molecule has 5 rings (SSSR count). The van der Waals surface area contributed by atoms with Gasteiger partial charge in [0.15, 0.2) is 17.7 Å². The number of esters is 1. The number of para-hydroxylation sites is 1. The summed E-state index contributed by atoms with van der Waals surface area (Å²) in [5.41, 5.74) is -0.496. The summed E-state index contributed by atoms with van der Waals surface area (Å²) in [6.07, 6.45) is 2.37. The number of aliphatic hydroxyl groups is 1. The molecule has 13 heteroatoms. The molecule has 3 aliphatic rings. The fraction of sp³-hybridized carbons (Fsp3) is 0.667. The van der Waals surface area contributed by atoms with Crippen molar-refractivity contribution in [2.75, 3.05) is 27.2 Å². The third-order valence-corrected chi connectivity index (χ3v) is 11.8. The van der Waals surface area contributed by atoms with E-state index in [0.717, 1.165) is 16.5 Å². The van der Waals surface area contributed by atoms with Crippen LogP contribution in [0.1, 0.15) is 80.2 Å². The number of carbonyl (C=O) groups excluding carboxylic acids is 3. The van der Waals surface area contributed by atoms with Gasteiger partial charge >= 0.3 is 12.1 Å². The molecule has 1 aromatic heterocycles. The molecule has 13 nitrogen and oxygen atoms in total. The SMILES string of the molecule is CC[C@H]1OC(=O)C(C)C(=O)[C@H](C)C(O[C@@H]2O[C@H](C)CC(N(C)C)C2O)[C@](C)(OC/C=C/c2cnc3ccccc3c2)C[C@@H](C)CN[C@H](C)[C@H]2NC(=O)O[C@@]21C. The number of cyclic esters (lactones) is 1. The number of alkyl carbamates (subject to hydrolysis) is 1. The molecule has 4 unspecified atom stereocenters. The van der Waals surface area contributed by atoms with Gasteiger partial charge in [0.25, 0.3) is 0 Å². The summed E-state index contributed by atoms with van der Waals surface area (Å²) < 4.78 is 31.7. The van der Waals surface area contributed by atoms with E-state index < -0.39 is 71.5 Å². The van der Waals surface area contributed by atoms with E-state index in [1.165, 1.54) is 6.92 Å². The van der Waals surface area contributed by atoms with Crippen LogP contribution in [0.25, 0.3) is 17.0 Å². The molecule has 2 aromatic rings. The van der Waals surface area contributed by atoms with Crippen LogP contribution >= 0.6 is 0 Å². The quantitative estimate of drug-likeness (QED) is 0.248. The Hall–Kier alpha value is -3.46. The molecule has 55 heavy (non-hydrogen) atoms. The largest absolute Gasteiger partial charge is 0.458 e. The van der Waals surface area contributed by atoms with Gasteiger partial charge in [-0.1, -0.05) is 51.1 Å². The molecule has 0 spiro atoms. The molecule has 0 aliphatic carbocycles. The Labute approximate surface area is 325 Å². The van der Waals surface area contributed by atoms with E-state index in [1.807, 2.05) is 89.3 Å². The van der Waals surface area contributed by atoms with Crippen LogP contribution in [0, 0.1) is 17.8 Å². The highest BCUT2D eigenvalue weighted by molar-refractivity contribution is 6.00. The van der Waals surface area contributed by atoms with Crippen LogP contribution in [0.2, 0.25) is 0 Å². The molecule has 0 radical (unpaired) electrons. The highest BCUT2D eigenvalue weighted by atomic mass is 16.7. The number of carbonyl (C=O) groups is 3. The van der Waals surface area contributed by atoms with E-state index in [0.29, 0.717) is 25.8 Å². The number of nitrogens with zero attached hydrogens (tertiary/aromatic N) is 2. The Bertz CT molecular complexity index is 1690. The summed E-state index contributed by atoms with van der Waals surface area (Å²) >= 11 is 0. The first-order chi connectivity index (χ1) is 26.0. The van der Waals surface area contributed by atoms with Crippen molar-refractivity contribution < 1.29 is 43.2 Å². The first kappa shape index (κ1) is 42.7. The summed E-state index contributed by atoms with van der Waals surface area (Å²) in [4.78, 5) is 47.5. The maximum atomic E-state index is 14.5. The summed E-state index contributed by atoms with van der Waals surface area (Å²) in [6.45, 7) is 15.5. The molecular weight excluding hydrogens is 704 g/mol. The molecule has 1 amide bonds. The molecule has 0 bridgehead atoms. The topological polar surface area (TPSA) is 158 Å². The Morgan fingerprint density at radius 3 is 2.53 bits per heavy atom. The number of likely N-dealkylation sites (N-methyl/N-ethyl adjacent to an activating group) is 1. The minimum atomic E-state index is -1.18. The molecule has 1 aromatic carbocycles. The predicted molar refractivity (Wildman–Crippen MR) is 209 cm³/mol. The zero-order valence-electron chi connectivity index (χ0n) is 34.1. The predicted octanol–water partition coefficient (Wildman–Crippen LogP) is 4.88. The van der Waals surface area contributed by atoms with Crippen LogP contribution in [0.3, 0.4) is 0 Å². The van der Waals surface area contributed by atoms with Crippen molar-refractivity contribution in [3.63, 3.8) is 0 Å². The Balaban J connectivity index is 1.51. The number of hydrogen-bond acceptors (Lipinski definition) is 12. The lowest BCUT2D eigenvalue weighted by atomic mass is 9.78. The first-order valence-electron chi connectivity index (χ1n) is 19.7. The Kier molecular flexibility index (Phi) is 13.8. The highest BCUT2D eigenvalue weighted by Gasteiger charge is 2.55. The number of aromatic nitrogens is 1. The zero-order chi connectivity index (χ0) is 40.2. The number of nitrogens with one attached hydrogen (secondary N) is 2. The van der Waals surface area contributed by atoms with Crippen molar-refractivity contribution >= 4 is 34.8 Å². The lowest BCUT2D eigenvalue weighted by molar-refractivity contribution is -0.296. The van der Waals surface area contributed by atoms with Gasteiger partial charge in [-0.05, 0) is 98.1 Å². The first-order valence-corrected chi connectivity index (χ1v) is 19.7. The number of ketones is 1. The van der Waals surface area contributed by atoms with E-state index >= 15 is 0 Å². The lowest BCUT2D eigenvalue weighted by Crippen LogP contribution is -2.60. The van der Waals surface area contributed by atoms with Gasteiger partial charge in [0.05, 0.1) is 36.0 Å². The summed E-state index contributed by atoms with van der Waals surface area (Å²) in [7, 11) is 3.81. The third kappa shape index (κ3) is 9.57. The molecule has 4 heterocycles.